The maximum atomic E-state index is 5.70. The van der Waals surface area contributed by atoms with E-state index in [0.717, 1.165) is 18.0 Å². The van der Waals surface area contributed by atoms with Crippen molar-refractivity contribution in [1.29, 1.82) is 0 Å². The normalized spacial score (nSPS) is 14.1. The van der Waals surface area contributed by atoms with Gasteiger partial charge in [-0.15, -0.1) is 11.3 Å². The molecule has 0 amide bonds. The molecule has 0 aliphatic carbocycles. The van der Waals surface area contributed by atoms with Crippen LogP contribution in [0.1, 0.15) is 24.3 Å². The third-order valence-electron chi connectivity index (χ3n) is 3.50. The molecule has 1 aliphatic heterocycles. The fraction of sp³-hybridized carbons (Fsp3) is 0.500. The molecule has 4 nitrogen and oxygen atoms in total. The van der Waals surface area contributed by atoms with Crippen LogP contribution in [0.3, 0.4) is 0 Å². The first-order valence-corrected chi connectivity index (χ1v) is 8.07. The Hall–Kier alpha value is -1.30. The van der Waals surface area contributed by atoms with Gasteiger partial charge in [-0.3, -0.25) is 0 Å². The van der Waals surface area contributed by atoms with Gasteiger partial charge in [0.05, 0.1) is 6.61 Å². The van der Waals surface area contributed by atoms with Crippen molar-refractivity contribution in [2.24, 2.45) is 0 Å². The van der Waals surface area contributed by atoms with Crippen molar-refractivity contribution in [2.75, 3.05) is 20.3 Å². The second-order valence-electron chi connectivity index (χ2n) is 5.46. The molecule has 0 unspecified atom stereocenters. The van der Waals surface area contributed by atoms with Crippen molar-refractivity contribution in [3.05, 3.63) is 22.6 Å². The number of fused-ring (bicyclic) bond motifs is 2. The van der Waals surface area contributed by atoms with Crippen LogP contribution in [-0.4, -0.2) is 26.4 Å². The number of rotatable bonds is 5. The van der Waals surface area contributed by atoms with Gasteiger partial charge >= 0.3 is 0 Å². The smallest absolute Gasteiger partial charge is 0.162 e. The van der Waals surface area contributed by atoms with Crippen LogP contribution in [0, 0.1) is 0 Å². The van der Waals surface area contributed by atoms with E-state index in [9.17, 15) is 0 Å². The Morgan fingerprint density at radius 3 is 2.62 bits per heavy atom. The Bertz CT molecular complexity index is 636. The zero-order chi connectivity index (χ0) is 14.8. The van der Waals surface area contributed by atoms with Gasteiger partial charge in [-0.25, -0.2) is 0 Å². The van der Waals surface area contributed by atoms with Crippen LogP contribution in [0.5, 0.6) is 11.5 Å². The number of thiophene rings is 1. The quantitative estimate of drug-likeness (QED) is 0.920. The Morgan fingerprint density at radius 1 is 1.24 bits per heavy atom. The highest BCUT2D eigenvalue weighted by Crippen LogP contribution is 2.40. The van der Waals surface area contributed by atoms with Gasteiger partial charge in [0.15, 0.2) is 11.5 Å². The number of hydrogen-bond donors (Lipinski definition) is 1. The van der Waals surface area contributed by atoms with Crippen molar-refractivity contribution in [1.82, 2.24) is 5.32 Å². The zero-order valence-corrected chi connectivity index (χ0v) is 13.5. The van der Waals surface area contributed by atoms with Gasteiger partial charge in [0.25, 0.3) is 0 Å². The van der Waals surface area contributed by atoms with Gasteiger partial charge < -0.3 is 19.5 Å². The predicted molar refractivity (Wildman–Crippen MR) is 85.5 cm³/mol. The van der Waals surface area contributed by atoms with E-state index in [4.69, 9.17) is 14.2 Å². The van der Waals surface area contributed by atoms with E-state index in [0.29, 0.717) is 25.9 Å². The highest BCUT2D eigenvalue weighted by Gasteiger charge is 2.18. The first kappa shape index (κ1) is 14.6. The fourth-order valence-electron chi connectivity index (χ4n) is 2.48. The second-order valence-corrected chi connectivity index (χ2v) is 6.60. The summed E-state index contributed by atoms with van der Waals surface area (Å²) in [7, 11) is 1.74. The third kappa shape index (κ3) is 3.00. The summed E-state index contributed by atoms with van der Waals surface area (Å²) in [5.74, 6) is 1.69. The molecule has 1 aromatic carbocycles. The number of hydrogen-bond acceptors (Lipinski definition) is 5. The van der Waals surface area contributed by atoms with Crippen molar-refractivity contribution >= 4 is 21.4 Å². The molecule has 0 spiro atoms. The Morgan fingerprint density at radius 2 is 1.95 bits per heavy atom. The molecule has 0 saturated carbocycles. The van der Waals surface area contributed by atoms with E-state index in [1.807, 2.05) is 0 Å². The van der Waals surface area contributed by atoms with Crippen molar-refractivity contribution in [3.8, 4) is 11.5 Å². The number of benzene rings is 1. The van der Waals surface area contributed by atoms with E-state index in [1.54, 1.807) is 18.4 Å². The molecule has 0 atom stereocenters. The van der Waals surface area contributed by atoms with Crippen LogP contribution in [-0.2, 0) is 17.9 Å². The maximum Gasteiger partial charge on any atom is 0.162 e. The van der Waals surface area contributed by atoms with Gasteiger partial charge in [0.1, 0.15) is 13.2 Å². The lowest BCUT2D eigenvalue weighted by Crippen LogP contribution is -2.21. The minimum absolute atomic E-state index is 0.463. The minimum Gasteiger partial charge on any atom is -0.486 e. The molecule has 1 aromatic heterocycles. The first-order valence-electron chi connectivity index (χ1n) is 7.25. The molecule has 1 aliphatic rings. The molecule has 2 aromatic rings. The summed E-state index contributed by atoms with van der Waals surface area (Å²) in [6, 6.07) is 4.64. The predicted octanol–water partition coefficient (Wildman–Crippen LogP) is 3.32. The van der Waals surface area contributed by atoms with E-state index in [-0.39, 0.29) is 0 Å². The van der Waals surface area contributed by atoms with Crippen LogP contribution < -0.4 is 14.8 Å². The van der Waals surface area contributed by atoms with Crippen molar-refractivity contribution < 1.29 is 14.2 Å². The van der Waals surface area contributed by atoms with Crippen molar-refractivity contribution in [2.45, 2.75) is 33.0 Å². The second kappa shape index (κ2) is 6.22. The van der Waals surface area contributed by atoms with Crippen LogP contribution in [0.25, 0.3) is 10.1 Å². The average Bonchev–Trinajstić information content (AvgIpc) is 2.80. The highest BCUT2D eigenvalue weighted by molar-refractivity contribution is 7.19. The van der Waals surface area contributed by atoms with E-state index in [1.165, 1.54) is 20.5 Å². The van der Waals surface area contributed by atoms with Gasteiger partial charge in [0, 0.05) is 46.3 Å². The lowest BCUT2D eigenvalue weighted by molar-refractivity contribution is 0.172. The molecule has 1 N–H and O–H groups in total. The summed E-state index contributed by atoms with van der Waals surface area (Å²) in [5.41, 5.74) is 1.25. The topological polar surface area (TPSA) is 39.7 Å². The summed E-state index contributed by atoms with van der Waals surface area (Å²) in [5, 5.41) is 4.70. The largest absolute Gasteiger partial charge is 0.486 e. The lowest BCUT2D eigenvalue weighted by atomic mass is 10.1. The lowest BCUT2D eigenvalue weighted by Gasteiger charge is -2.18. The summed E-state index contributed by atoms with van der Waals surface area (Å²) in [6.45, 7) is 7.03. The number of methoxy groups -OCH3 is 1. The summed E-state index contributed by atoms with van der Waals surface area (Å²) >= 11 is 1.80. The molecule has 3 rings (SSSR count). The van der Waals surface area contributed by atoms with Gasteiger partial charge in [-0.05, 0) is 6.07 Å². The molecule has 0 radical (unpaired) electrons. The Labute approximate surface area is 129 Å². The Balaban J connectivity index is 2.03. The maximum absolute atomic E-state index is 5.70. The number of nitrogens with one attached hydrogen (secondary N) is 1. The van der Waals surface area contributed by atoms with Gasteiger partial charge in [-0.2, -0.15) is 0 Å². The van der Waals surface area contributed by atoms with E-state index in [2.05, 4.69) is 31.3 Å². The molecule has 0 saturated heterocycles. The zero-order valence-electron chi connectivity index (χ0n) is 12.7. The molecule has 0 fully saturated rings. The minimum atomic E-state index is 0.463. The van der Waals surface area contributed by atoms with Crippen LogP contribution in [0.4, 0.5) is 0 Å². The molecule has 0 bridgehead atoms. The first-order chi connectivity index (χ1) is 10.2. The molecule has 5 heteroatoms. The van der Waals surface area contributed by atoms with Crippen LogP contribution in [0.15, 0.2) is 12.1 Å². The van der Waals surface area contributed by atoms with E-state index >= 15 is 0 Å². The van der Waals surface area contributed by atoms with Crippen LogP contribution >= 0.6 is 11.3 Å². The van der Waals surface area contributed by atoms with Crippen LogP contribution in [0.2, 0.25) is 0 Å². The Kier molecular flexibility index (Phi) is 4.33. The summed E-state index contributed by atoms with van der Waals surface area (Å²) < 4.78 is 18.0. The fourth-order valence-corrected chi connectivity index (χ4v) is 3.65. The standard InChI is InChI=1S/C16H21NO3S/c1-10(2)17-8-16-12(9-18-3)11-6-13-14(7-15(11)21-16)20-5-4-19-13/h6-7,10,17H,4-5,8-9H2,1-3H3. The van der Waals surface area contributed by atoms with E-state index < -0.39 is 0 Å². The molecule has 2 heterocycles. The summed E-state index contributed by atoms with van der Waals surface area (Å²) in [4.78, 5) is 1.32. The third-order valence-corrected chi connectivity index (χ3v) is 4.69. The molecule has 21 heavy (non-hydrogen) atoms. The average molecular weight is 307 g/mol. The van der Waals surface area contributed by atoms with Crippen molar-refractivity contribution in [3.63, 3.8) is 0 Å². The molecule has 114 valence electrons. The summed E-state index contributed by atoms with van der Waals surface area (Å²) in [6.07, 6.45) is 0. The van der Waals surface area contributed by atoms with Gasteiger partial charge in [0.2, 0.25) is 0 Å². The highest BCUT2D eigenvalue weighted by atomic mass is 32.1. The van der Waals surface area contributed by atoms with Gasteiger partial charge in [-0.1, -0.05) is 13.8 Å². The SMILES string of the molecule is COCc1c(CNC(C)C)sc2cc3c(cc12)OCCO3. The molecular formula is C16H21NO3S. The monoisotopic (exact) mass is 307 g/mol. The number of ether oxygens (including phenoxy) is 3. The molecular weight excluding hydrogens is 286 g/mol.